The van der Waals surface area contributed by atoms with Crippen LogP contribution in [0.25, 0.3) is 0 Å². The molecule has 1 aliphatic rings. The number of furan rings is 1. The first-order chi connectivity index (χ1) is 8.74. The van der Waals surface area contributed by atoms with Crippen LogP contribution < -0.4 is 4.90 Å². The molecular formula is C13H16N2O2S. The Bertz CT molecular complexity index is 521. The number of thiazole rings is 1. The van der Waals surface area contributed by atoms with Crippen molar-refractivity contribution in [2.24, 2.45) is 0 Å². The zero-order chi connectivity index (χ0) is 12.5. The summed E-state index contributed by atoms with van der Waals surface area (Å²) in [7, 11) is 2.02. The molecule has 0 bridgehead atoms. The summed E-state index contributed by atoms with van der Waals surface area (Å²) in [5, 5.41) is 10.9. The summed E-state index contributed by atoms with van der Waals surface area (Å²) in [6, 6.07) is 1.96. The summed E-state index contributed by atoms with van der Waals surface area (Å²) < 4.78 is 5.07. The number of rotatable bonds is 3. The van der Waals surface area contributed by atoms with Crippen molar-refractivity contribution in [3.63, 3.8) is 0 Å². The number of aryl methyl sites for hydroxylation is 1. The van der Waals surface area contributed by atoms with Gasteiger partial charge in [0.05, 0.1) is 24.3 Å². The van der Waals surface area contributed by atoms with Crippen molar-refractivity contribution in [3.8, 4) is 0 Å². The van der Waals surface area contributed by atoms with Gasteiger partial charge in [0.2, 0.25) is 0 Å². The van der Waals surface area contributed by atoms with Crippen molar-refractivity contribution in [3.05, 3.63) is 34.7 Å². The molecule has 1 N–H and O–H groups in total. The minimum Gasteiger partial charge on any atom is -0.472 e. The molecule has 1 aliphatic carbocycles. The summed E-state index contributed by atoms with van der Waals surface area (Å²) >= 11 is 1.69. The SMILES string of the molecule is CN(Cc1ccoc1)c1nc2c(s1)CCCC2O. The number of aliphatic hydroxyl groups is 1. The van der Waals surface area contributed by atoms with Crippen molar-refractivity contribution in [2.45, 2.75) is 31.9 Å². The molecule has 96 valence electrons. The summed E-state index contributed by atoms with van der Waals surface area (Å²) in [5.74, 6) is 0. The number of hydrogen-bond acceptors (Lipinski definition) is 5. The molecule has 4 nitrogen and oxygen atoms in total. The molecule has 0 saturated carbocycles. The lowest BCUT2D eigenvalue weighted by atomic mass is 10.0. The molecule has 18 heavy (non-hydrogen) atoms. The molecule has 0 spiro atoms. The summed E-state index contributed by atoms with van der Waals surface area (Å²) in [6.45, 7) is 0.777. The number of aromatic nitrogens is 1. The zero-order valence-corrected chi connectivity index (χ0v) is 11.1. The van der Waals surface area contributed by atoms with Gasteiger partial charge < -0.3 is 14.4 Å². The monoisotopic (exact) mass is 264 g/mol. The predicted molar refractivity (Wildman–Crippen MR) is 70.8 cm³/mol. The van der Waals surface area contributed by atoms with Crippen molar-refractivity contribution >= 4 is 16.5 Å². The fraction of sp³-hybridized carbons (Fsp3) is 0.462. The van der Waals surface area contributed by atoms with Gasteiger partial charge in [-0.25, -0.2) is 4.98 Å². The molecule has 1 atom stereocenters. The van der Waals surface area contributed by atoms with Crippen LogP contribution in [0.4, 0.5) is 5.13 Å². The lowest BCUT2D eigenvalue weighted by molar-refractivity contribution is 0.153. The molecule has 0 saturated heterocycles. The first kappa shape index (κ1) is 11.7. The highest BCUT2D eigenvalue weighted by molar-refractivity contribution is 7.15. The lowest BCUT2D eigenvalue weighted by Crippen LogP contribution is -2.16. The van der Waals surface area contributed by atoms with E-state index < -0.39 is 0 Å². The van der Waals surface area contributed by atoms with Crippen LogP contribution in [0.2, 0.25) is 0 Å². The van der Waals surface area contributed by atoms with Crippen molar-refractivity contribution in [2.75, 3.05) is 11.9 Å². The van der Waals surface area contributed by atoms with E-state index in [0.717, 1.165) is 42.2 Å². The van der Waals surface area contributed by atoms with E-state index in [1.165, 1.54) is 4.88 Å². The Morgan fingerprint density at radius 3 is 3.22 bits per heavy atom. The van der Waals surface area contributed by atoms with Crippen molar-refractivity contribution < 1.29 is 9.52 Å². The molecule has 0 aliphatic heterocycles. The number of anilines is 1. The summed E-state index contributed by atoms with van der Waals surface area (Å²) in [4.78, 5) is 7.91. The highest BCUT2D eigenvalue weighted by Gasteiger charge is 2.23. The molecule has 2 heterocycles. The third-order valence-corrected chi connectivity index (χ3v) is 4.48. The average molecular weight is 264 g/mol. The highest BCUT2D eigenvalue weighted by atomic mass is 32.1. The number of fused-ring (bicyclic) bond motifs is 1. The Morgan fingerprint density at radius 1 is 1.61 bits per heavy atom. The smallest absolute Gasteiger partial charge is 0.185 e. The van der Waals surface area contributed by atoms with Crippen molar-refractivity contribution in [1.82, 2.24) is 4.98 Å². The Balaban J connectivity index is 1.80. The predicted octanol–water partition coefficient (Wildman–Crippen LogP) is 2.74. The molecule has 0 aromatic carbocycles. The molecular weight excluding hydrogens is 248 g/mol. The van der Waals surface area contributed by atoms with Crippen LogP contribution in [-0.2, 0) is 13.0 Å². The summed E-state index contributed by atoms with van der Waals surface area (Å²) in [5.41, 5.74) is 2.02. The van der Waals surface area contributed by atoms with Gasteiger partial charge in [-0.3, -0.25) is 0 Å². The second-order valence-electron chi connectivity index (χ2n) is 4.70. The zero-order valence-electron chi connectivity index (χ0n) is 10.3. The van der Waals surface area contributed by atoms with Gasteiger partial charge in [0.1, 0.15) is 0 Å². The number of hydrogen-bond donors (Lipinski definition) is 1. The first-order valence-electron chi connectivity index (χ1n) is 6.14. The van der Waals surface area contributed by atoms with E-state index in [1.54, 1.807) is 23.9 Å². The second kappa shape index (κ2) is 4.74. The van der Waals surface area contributed by atoms with E-state index in [9.17, 15) is 5.11 Å². The molecule has 0 amide bonds. The van der Waals surface area contributed by atoms with E-state index in [4.69, 9.17) is 4.42 Å². The Morgan fingerprint density at radius 2 is 2.50 bits per heavy atom. The molecule has 0 radical (unpaired) electrons. The first-order valence-corrected chi connectivity index (χ1v) is 6.95. The van der Waals surface area contributed by atoms with Gasteiger partial charge in [0.15, 0.2) is 5.13 Å². The molecule has 5 heteroatoms. The van der Waals surface area contributed by atoms with Crippen LogP contribution in [0.15, 0.2) is 23.0 Å². The second-order valence-corrected chi connectivity index (χ2v) is 5.76. The molecule has 0 fully saturated rings. The van der Waals surface area contributed by atoms with Crippen LogP contribution >= 0.6 is 11.3 Å². The van der Waals surface area contributed by atoms with Gasteiger partial charge in [-0.1, -0.05) is 0 Å². The van der Waals surface area contributed by atoms with Crippen LogP contribution in [0.1, 0.15) is 35.1 Å². The van der Waals surface area contributed by atoms with Crippen LogP contribution in [0.3, 0.4) is 0 Å². The van der Waals surface area contributed by atoms with Gasteiger partial charge in [-0.15, -0.1) is 11.3 Å². The van der Waals surface area contributed by atoms with Crippen LogP contribution in [-0.4, -0.2) is 17.1 Å². The number of nitrogens with zero attached hydrogens (tertiary/aromatic N) is 2. The number of aliphatic hydroxyl groups excluding tert-OH is 1. The Labute approximate surface area is 110 Å². The normalized spacial score (nSPS) is 18.7. The van der Waals surface area contributed by atoms with E-state index in [-0.39, 0.29) is 6.10 Å². The minimum absolute atomic E-state index is 0.374. The maximum Gasteiger partial charge on any atom is 0.185 e. The van der Waals surface area contributed by atoms with Gasteiger partial charge in [0, 0.05) is 24.0 Å². The van der Waals surface area contributed by atoms with Gasteiger partial charge in [0.25, 0.3) is 0 Å². The maximum atomic E-state index is 9.92. The van der Waals surface area contributed by atoms with Crippen LogP contribution in [0.5, 0.6) is 0 Å². The fourth-order valence-corrected chi connectivity index (χ4v) is 3.39. The van der Waals surface area contributed by atoms with Gasteiger partial charge in [-0.05, 0) is 25.3 Å². The molecule has 3 rings (SSSR count). The van der Waals surface area contributed by atoms with E-state index >= 15 is 0 Å². The van der Waals surface area contributed by atoms with E-state index in [2.05, 4.69) is 9.88 Å². The topological polar surface area (TPSA) is 49.5 Å². The average Bonchev–Trinajstić information content (AvgIpc) is 2.97. The summed E-state index contributed by atoms with van der Waals surface area (Å²) in [6.07, 6.45) is 5.99. The Kier molecular flexibility index (Phi) is 3.09. The standard InChI is InChI=1S/C13H16N2O2S/c1-15(7-9-5-6-17-8-9)13-14-12-10(16)3-2-4-11(12)18-13/h5-6,8,10,16H,2-4,7H2,1H3. The Hall–Kier alpha value is -1.33. The quantitative estimate of drug-likeness (QED) is 0.926. The molecule has 2 aromatic heterocycles. The largest absolute Gasteiger partial charge is 0.472 e. The van der Waals surface area contributed by atoms with Crippen LogP contribution in [0, 0.1) is 0 Å². The highest BCUT2D eigenvalue weighted by Crippen LogP contribution is 2.36. The maximum absolute atomic E-state index is 9.92. The van der Waals surface area contributed by atoms with Gasteiger partial charge in [-0.2, -0.15) is 0 Å². The van der Waals surface area contributed by atoms with Crippen molar-refractivity contribution in [1.29, 1.82) is 0 Å². The minimum atomic E-state index is -0.374. The van der Waals surface area contributed by atoms with E-state index in [0.29, 0.717) is 0 Å². The van der Waals surface area contributed by atoms with E-state index in [1.807, 2.05) is 13.1 Å². The van der Waals surface area contributed by atoms with Gasteiger partial charge >= 0.3 is 0 Å². The third-order valence-electron chi connectivity index (χ3n) is 3.24. The third kappa shape index (κ3) is 2.15. The fourth-order valence-electron chi connectivity index (χ4n) is 2.27. The molecule has 1 unspecified atom stereocenters. The molecule has 2 aromatic rings. The lowest BCUT2D eigenvalue weighted by Gasteiger charge is -2.15.